The number of nitrogens with one attached hydrogen (secondary N) is 2. The van der Waals surface area contributed by atoms with Gasteiger partial charge in [-0.05, 0) is 31.9 Å². The molecule has 9 heteroatoms. The van der Waals surface area contributed by atoms with Gasteiger partial charge in [0, 0.05) is 30.0 Å². The van der Waals surface area contributed by atoms with Crippen molar-refractivity contribution < 1.29 is 13.9 Å². The minimum atomic E-state index is -0.792. The highest BCUT2D eigenvalue weighted by atomic mass is 19.1. The summed E-state index contributed by atoms with van der Waals surface area (Å²) in [5.74, 6) is -0.899. The third-order valence-electron chi connectivity index (χ3n) is 4.25. The van der Waals surface area contributed by atoms with E-state index in [2.05, 4.69) is 20.6 Å². The van der Waals surface area contributed by atoms with E-state index in [4.69, 9.17) is 16.2 Å². The van der Waals surface area contributed by atoms with Crippen molar-refractivity contribution in [2.24, 2.45) is 11.5 Å². The third kappa shape index (κ3) is 6.28. The van der Waals surface area contributed by atoms with Gasteiger partial charge in [0.2, 0.25) is 5.88 Å². The SMILES string of the molecule is CCCOc1cc(Nc2nc(NC(CCC)C(C)N)c(F)cc2C(N)=O)ccn1. The Hall–Kier alpha value is -2.94. The van der Waals surface area contributed by atoms with Crippen LogP contribution in [0.2, 0.25) is 0 Å². The van der Waals surface area contributed by atoms with Crippen LogP contribution in [0.3, 0.4) is 0 Å². The van der Waals surface area contributed by atoms with E-state index < -0.39 is 11.7 Å². The van der Waals surface area contributed by atoms with Crippen molar-refractivity contribution >= 4 is 23.2 Å². The Morgan fingerprint density at radius 3 is 2.66 bits per heavy atom. The summed E-state index contributed by atoms with van der Waals surface area (Å²) in [5, 5.41) is 6.04. The topological polar surface area (TPSA) is 128 Å². The summed E-state index contributed by atoms with van der Waals surface area (Å²) in [4.78, 5) is 20.2. The fourth-order valence-electron chi connectivity index (χ4n) is 2.74. The quantitative estimate of drug-likeness (QED) is 0.453. The maximum absolute atomic E-state index is 14.6. The number of hydrogen-bond donors (Lipinski definition) is 4. The van der Waals surface area contributed by atoms with Gasteiger partial charge in [-0.15, -0.1) is 0 Å². The molecule has 2 aromatic heterocycles. The number of pyridine rings is 2. The average molecular weight is 404 g/mol. The molecule has 0 spiro atoms. The first kappa shape index (κ1) is 22.4. The zero-order valence-electron chi connectivity index (χ0n) is 17.0. The van der Waals surface area contributed by atoms with Gasteiger partial charge < -0.3 is 26.8 Å². The highest BCUT2D eigenvalue weighted by Gasteiger charge is 2.20. The highest BCUT2D eigenvalue weighted by Crippen LogP contribution is 2.26. The van der Waals surface area contributed by atoms with Crippen molar-refractivity contribution in [2.75, 3.05) is 17.2 Å². The molecule has 1 amide bonds. The summed E-state index contributed by atoms with van der Waals surface area (Å²) >= 11 is 0. The molecule has 6 N–H and O–H groups in total. The molecule has 158 valence electrons. The molecule has 0 saturated heterocycles. The molecule has 29 heavy (non-hydrogen) atoms. The molecule has 2 unspecified atom stereocenters. The number of halogens is 1. The van der Waals surface area contributed by atoms with E-state index in [0.29, 0.717) is 18.2 Å². The molecule has 0 aliphatic carbocycles. The first-order valence-corrected chi connectivity index (χ1v) is 9.74. The monoisotopic (exact) mass is 404 g/mol. The van der Waals surface area contributed by atoms with E-state index >= 15 is 0 Å². The van der Waals surface area contributed by atoms with Crippen LogP contribution < -0.4 is 26.8 Å². The van der Waals surface area contributed by atoms with Gasteiger partial charge in [-0.25, -0.2) is 14.4 Å². The molecule has 0 bridgehead atoms. The number of carbonyl (C=O) groups excluding carboxylic acids is 1. The third-order valence-corrected chi connectivity index (χ3v) is 4.25. The number of primary amides is 1. The second kappa shape index (κ2) is 10.6. The predicted octanol–water partition coefficient (Wildman–Crippen LogP) is 3.17. The number of hydrogen-bond acceptors (Lipinski definition) is 7. The van der Waals surface area contributed by atoms with Crippen LogP contribution in [0.1, 0.15) is 50.4 Å². The van der Waals surface area contributed by atoms with Gasteiger partial charge in [0.25, 0.3) is 5.91 Å². The molecule has 2 atom stereocenters. The number of anilines is 3. The van der Waals surface area contributed by atoms with Crippen LogP contribution in [0.15, 0.2) is 24.4 Å². The Kier molecular flexibility index (Phi) is 8.14. The molecule has 0 aliphatic rings. The van der Waals surface area contributed by atoms with Gasteiger partial charge in [-0.3, -0.25) is 4.79 Å². The van der Waals surface area contributed by atoms with Crippen LogP contribution in [-0.2, 0) is 0 Å². The number of rotatable bonds is 11. The largest absolute Gasteiger partial charge is 0.478 e. The standard InChI is InChI=1S/C20H29FN6O2/c1-4-6-16(12(3)22)26-20-15(21)11-14(18(23)28)19(27-20)25-13-7-8-24-17(10-13)29-9-5-2/h7-8,10-12,16H,4-6,9,22H2,1-3H3,(H2,23,28)(H2,24,25,26,27). The van der Waals surface area contributed by atoms with E-state index in [-0.39, 0.29) is 29.3 Å². The Balaban J connectivity index is 2.35. The average Bonchev–Trinajstić information content (AvgIpc) is 2.68. The number of carbonyl (C=O) groups is 1. The van der Waals surface area contributed by atoms with Gasteiger partial charge in [0.05, 0.1) is 12.2 Å². The van der Waals surface area contributed by atoms with Crippen molar-refractivity contribution in [3.63, 3.8) is 0 Å². The fourth-order valence-corrected chi connectivity index (χ4v) is 2.74. The molecule has 2 rings (SSSR count). The molecular weight excluding hydrogens is 375 g/mol. The smallest absolute Gasteiger partial charge is 0.252 e. The number of aromatic nitrogens is 2. The Morgan fingerprint density at radius 2 is 2.03 bits per heavy atom. The highest BCUT2D eigenvalue weighted by molar-refractivity contribution is 5.98. The summed E-state index contributed by atoms with van der Waals surface area (Å²) in [7, 11) is 0. The molecule has 0 fully saturated rings. The molecule has 0 aliphatic heterocycles. The van der Waals surface area contributed by atoms with Crippen LogP contribution in [-0.4, -0.2) is 34.6 Å². The van der Waals surface area contributed by atoms with Crippen molar-refractivity contribution in [1.29, 1.82) is 0 Å². The van der Waals surface area contributed by atoms with E-state index in [1.807, 2.05) is 20.8 Å². The zero-order valence-corrected chi connectivity index (χ0v) is 17.0. The van der Waals surface area contributed by atoms with E-state index in [0.717, 1.165) is 25.3 Å². The number of amides is 1. The summed E-state index contributed by atoms with van der Waals surface area (Å²) in [5.41, 5.74) is 11.9. The molecule has 2 heterocycles. The van der Waals surface area contributed by atoms with Crippen LogP contribution in [0.25, 0.3) is 0 Å². The van der Waals surface area contributed by atoms with Crippen molar-refractivity contribution in [2.45, 2.75) is 52.1 Å². The Bertz CT molecular complexity index is 831. The molecular formula is C20H29FN6O2. The van der Waals surface area contributed by atoms with E-state index in [1.54, 1.807) is 18.3 Å². The number of nitrogens with two attached hydrogens (primary N) is 2. The van der Waals surface area contributed by atoms with Crippen molar-refractivity contribution in [3.05, 3.63) is 35.8 Å². The number of nitrogens with zero attached hydrogens (tertiary/aromatic N) is 2. The summed E-state index contributed by atoms with van der Waals surface area (Å²) in [6.45, 7) is 6.39. The second-order valence-corrected chi connectivity index (χ2v) is 6.83. The van der Waals surface area contributed by atoms with E-state index in [9.17, 15) is 9.18 Å². The van der Waals surface area contributed by atoms with Gasteiger partial charge in [0.1, 0.15) is 5.82 Å². The summed E-state index contributed by atoms with van der Waals surface area (Å²) in [6.07, 6.45) is 4.04. The van der Waals surface area contributed by atoms with E-state index in [1.165, 1.54) is 0 Å². The maximum Gasteiger partial charge on any atom is 0.252 e. The first-order valence-electron chi connectivity index (χ1n) is 9.74. The van der Waals surface area contributed by atoms with Gasteiger partial charge in [-0.1, -0.05) is 20.3 Å². The molecule has 8 nitrogen and oxygen atoms in total. The molecule has 0 saturated carbocycles. The van der Waals surface area contributed by atoms with Crippen LogP contribution in [0.4, 0.5) is 21.7 Å². The van der Waals surface area contributed by atoms with Crippen LogP contribution >= 0.6 is 0 Å². The summed E-state index contributed by atoms with van der Waals surface area (Å²) < 4.78 is 20.1. The first-order chi connectivity index (χ1) is 13.8. The lowest BCUT2D eigenvalue weighted by Crippen LogP contribution is -2.38. The fraction of sp³-hybridized carbons (Fsp3) is 0.450. The lowest BCUT2D eigenvalue weighted by Gasteiger charge is -2.23. The van der Waals surface area contributed by atoms with Crippen molar-refractivity contribution in [1.82, 2.24) is 9.97 Å². The minimum absolute atomic E-state index is 0.00441. The van der Waals surface area contributed by atoms with Crippen LogP contribution in [0, 0.1) is 5.82 Å². The Morgan fingerprint density at radius 1 is 1.28 bits per heavy atom. The Labute approximate surface area is 170 Å². The maximum atomic E-state index is 14.6. The van der Waals surface area contributed by atoms with Crippen LogP contribution in [0.5, 0.6) is 5.88 Å². The van der Waals surface area contributed by atoms with Gasteiger partial charge in [0.15, 0.2) is 11.6 Å². The molecule has 0 radical (unpaired) electrons. The summed E-state index contributed by atoms with van der Waals surface area (Å²) in [6, 6.07) is 4.05. The molecule has 2 aromatic rings. The van der Waals surface area contributed by atoms with Gasteiger partial charge in [-0.2, -0.15) is 0 Å². The molecule has 0 aromatic carbocycles. The van der Waals surface area contributed by atoms with Gasteiger partial charge >= 0.3 is 0 Å². The normalized spacial score (nSPS) is 12.9. The zero-order chi connectivity index (χ0) is 21.4. The minimum Gasteiger partial charge on any atom is -0.478 e. The lowest BCUT2D eigenvalue weighted by molar-refractivity contribution is 0.100. The second-order valence-electron chi connectivity index (χ2n) is 6.83. The predicted molar refractivity (Wildman–Crippen MR) is 112 cm³/mol. The van der Waals surface area contributed by atoms with Crippen molar-refractivity contribution in [3.8, 4) is 5.88 Å². The number of ether oxygens (including phenoxy) is 1. The lowest BCUT2D eigenvalue weighted by atomic mass is 10.1.